The van der Waals surface area contributed by atoms with Crippen LogP contribution in [0.3, 0.4) is 0 Å². The monoisotopic (exact) mass is 262 g/mol. The fourth-order valence-corrected chi connectivity index (χ4v) is 2.16. The number of aliphatic hydroxyl groups is 1. The average molecular weight is 263 g/mol. The predicted molar refractivity (Wildman–Crippen MR) is 65.5 cm³/mol. The summed E-state index contributed by atoms with van der Waals surface area (Å²) < 4.78 is 0.971. The minimum atomic E-state index is 0.0568. The van der Waals surface area contributed by atoms with Gasteiger partial charge in [0.15, 0.2) is 0 Å². The van der Waals surface area contributed by atoms with E-state index in [4.69, 9.17) is 5.11 Å². The summed E-state index contributed by atoms with van der Waals surface area (Å²) in [4.78, 5) is 0. The molecule has 1 N–H and O–H groups in total. The summed E-state index contributed by atoms with van der Waals surface area (Å²) in [6.07, 6.45) is 0. The van der Waals surface area contributed by atoms with E-state index in [0.717, 1.165) is 21.2 Å². The van der Waals surface area contributed by atoms with Gasteiger partial charge in [-0.25, -0.2) is 0 Å². The largest absolute Gasteiger partial charge is 0.392 e. The van der Waals surface area contributed by atoms with Crippen LogP contribution in [0.1, 0.15) is 5.56 Å². The van der Waals surface area contributed by atoms with Crippen molar-refractivity contribution in [3.8, 4) is 11.1 Å². The lowest BCUT2D eigenvalue weighted by atomic mass is 10.0. The highest BCUT2D eigenvalue weighted by Crippen LogP contribution is 2.30. The molecule has 76 valence electrons. The van der Waals surface area contributed by atoms with E-state index >= 15 is 0 Å². The molecule has 0 aliphatic rings. The molecule has 0 heterocycles. The lowest BCUT2D eigenvalue weighted by Crippen LogP contribution is -1.88. The highest BCUT2D eigenvalue weighted by atomic mass is 79.9. The van der Waals surface area contributed by atoms with Gasteiger partial charge in [0.2, 0.25) is 0 Å². The van der Waals surface area contributed by atoms with E-state index in [0.29, 0.717) is 0 Å². The van der Waals surface area contributed by atoms with Gasteiger partial charge in [0.25, 0.3) is 0 Å². The van der Waals surface area contributed by atoms with Crippen LogP contribution in [0.5, 0.6) is 0 Å². The molecule has 0 spiro atoms. The molecule has 0 bridgehead atoms. The molecule has 0 aliphatic heterocycles. The van der Waals surface area contributed by atoms with Gasteiger partial charge in [-0.05, 0) is 32.6 Å². The van der Waals surface area contributed by atoms with Crippen molar-refractivity contribution in [3.63, 3.8) is 0 Å². The predicted octanol–water partition coefficient (Wildman–Crippen LogP) is 3.61. The molecule has 0 fully saturated rings. The maximum absolute atomic E-state index is 9.16. The molecule has 0 amide bonds. The van der Waals surface area contributed by atoms with Gasteiger partial charge in [-0.1, -0.05) is 48.5 Å². The molecule has 2 rings (SSSR count). The first-order valence-corrected chi connectivity index (χ1v) is 5.56. The SMILES string of the molecule is OCc1cccc(-c2ccccc2)c1Br. The third-order valence-corrected chi connectivity index (χ3v) is 3.27. The van der Waals surface area contributed by atoms with Crippen molar-refractivity contribution in [2.24, 2.45) is 0 Å². The highest BCUT2D eigenvalue weighted by Gasteiger charge is 2.05. The topological polar surface area (TPSA) is 20.2 Å². The molecule has 0 radical (unpaired) electrons. The summed E-state index contributed by atoms with van der Waals surface area (Å²) in [5.74, 6) is 0. The van der Waals surface area contributed by atoms with Crippen LogP contribution >= 0.6 is 15.9 Å². The summed E-state index contributed by atoms with van der Waals surface area (Å²) in [5, 5.41) is 9.16. The minimum Gasteiger partial charge on any atom is -0.392 e. The molecule has 15 heavy (non-hydrogen) atoms. The van der Waals surface area contributed by atoms with Crippen LogP contribution in [0.25, 0.3) is 11.1 Å². The van der Waals surface area contributed by atoms with Crippen LogP contribution in [0.2, 0.25) is 0 Å². The Hall–Kier alpha value is -1.12. The number of benzene rings is 2. The van der Waals surface area contributed by atoms with Crippen LogP contribution in [0.15, 0.2) is 53.0 Å². The molecule has 1 nitrogen and oxygen atoms in total. The first-order chi connectivity index (χ1) is 7.33. The first kappa shape index (κ1) is 10.4. The Balaban J connectivity index is 2.54. The van der Waals surface area contributed by atoms with Crippen LogP contribution < -0.4 is 0 Å². The molecule has 0 saturated heterocycles. The van der Waals surface area contributed by atoms with E-state index in [-0.39, 0.29) is 6.61 Å². The maximum atomic E-state index is 9.16. The molecular weight excluding hydrogens is 252 g/mol. The zero-order valence-electron chi connectivity index (χ0n) is 8.15. The average Bonchev–Trinajstić information content (AvgIpc) is 2.30. The van der Waals surface area contributed by atoms with Crippen LogP contribution in [0, 0.1) is 0 Å². The number of hydrogen-bond donors (Lipinski definition) is 1. The van der Waals surface area contributed by atoms with Gasteiger partial charge in [0.1, 0.15) is 0 Å². The van der Waals surface area contributed by atoms with Crippen molar-refractivity contribution in [1.82, 2.24) is 0 Å². The van der Waals surface area contributed by atoms with Crippen LogP contribution in [-0.4, -0.2) is 5.11 Å². The van der Waals surface area contributed by atoms with Crippen molar-refractivity contribution in [2.75, 3.05) is 0 Å². The minimum absolute atomic E-state index is 0.0568. The second-order valence-electron chi connectivity index (χ2n) is 3.30. The van der Waals surface area contributed by atoms with Gasteiger partial charge in [0.05, 0.1) is 6.61 Å². The van der Waals surface area contributed by atoms with E-state index in [2.05, 4.69) is 28.1 Å². The molecule has 2 aromatic rings. The number of aliphatic hydroxyl groups excluding tert-OH is 1. The summed E-state index contributed by atoms with van der Waals surface area (Å²) in [6.45, 7) is 0.0568. The molecule has 0 saturated carbocycles. The number of rotatable bonds is 2. The zero-order valence-corrected chi connectivity index (χ0v) is 9.74. The van der Waals surface area contributed by atoms with Crippen LogP contribution in [-0.2, 0) is 6.61 Å². The maximum Gasteiger partial charge on any atom is 0.0693 e. The summed E-state index contributed by atoms with van der Waals surface area (Å²) in [7, 11) is 0. The fourth-order valence-electron chi connectivity index (χ4n) is 1.54. The van der Waals surface area contributed by atoms with E-state index in [1.54, 1.807) is 0 Å². The van der Waals surface area contributed by atoms with Gasteiger partial charge in [-0.15, -0.1) is 0 Å². The Morgan fingerprint density at radius 2 is 1.67 bits per heavy atom. The van der Waals surface area contributed by atoms with Crippen molar-refractivity contribution in [1.29, 1.82) is 0 Å². The standard InChI is InChI=1S/C13H11BrO/c14-13-11(9-15)7-4-8-12(13)10-5-2-1-3-6-10/h1-8,15H,9H2. The molecule has 2 heteroatoms. The normalized spacial score (nSPS) is 10.3. The molecule has 0 unspecified atom stereocenters. The smallest absolute Gasteiger partial charge is 0.0693 e. The second-order valence-corrected chi connectivity index (χ2v) is 4.10. The Bertz CT molecular complexity index is 451. The molecule has 2 aromatic carbocycles. The summed E-state index contributed by atoms with van der Waals surface area (Å²) in [6, 6.07) is 16.0. The molecule has 0 aromatic heterocycles. The number of hydrogen-bond acceptors (Lipinski definition) is 1. The second kappa shape index (κ2) is 4.60. The first-order valence-electron chi connectivity index (χ1n) is 4.76. The van der Waals surface area contributed by atoms with Crippen molar-refractivity contribution in [3.05, 3.63) is 58.6 Å². The third kappa shape index (κ3) is 2.11. The van der Waals surface area contributed by atoms with Crippen molar-refractivity contribution in [2.45, 2.75) is 6.61 Å². The quantitative estimate of drug-likeness (QED) is 0.877. The third-order valence-electron chi connectivity index (χ3n) is 2.33. The highest BCUT2D eigenvalue weighted by molar-refractivity contribution is 9.10. The van der Waals surface area contributed by atoms with Gasteiger partial charge in [0, 0.05) is 4.47 Å². The van der Waals surface area contributed by atoms with E-state index in [1.807, 2.05) is 36.4 Å². The van der Waals surface area contributed by atoms with Crippen molar-refractivity contribution < 1.29 is 5.11 Å². The van der Waals surface area contributed by atoms with Gasteiger partial charge >= 0.3 is 0 Å². The lowest BCUT2D eigenvalue weighted by Gasteiger charge is -2.07. The molecular formula is C13H11BrO. The van der Waals surface area contributed by atoms with Gasteiger partial charge in [-0.2, -0.15) is 0 Å². The molecule has 0 atom stereocenters. The summed E-state index contributed by atoms with van der Waals surface area (Å²) in [5.41, 5.74) is 3.18. The Kier molecular flexibility index (Phi) is 3.19. The Labute approximate surface area is 97.5 Å². The zero-order chi connectivity index (χ0) is 10.7. The van der Waals surface area contributed by atoms with E-state index in [1.165, 1.54) is 0 Å². The van der Waals surface area contributed by atoms with E-state index < -0.39 is 0 Å². The Morgan fingerprint density at radius 1 is 0.933 bits per heavy atom. The van der Waals surface area contributed by atoms with Crippen LogP contribution in [0.4, 0.5) is 0 Å². The summed E-state index contributed by atoms with van der Waals surface area (Å²) >= 11 is 3.52. The molecule has 0 aliphatic carbocycles. The van der Waals surface area contributed by atoms with E-state index in [9.17, 15) is 0 Å². The van der Waals surface area contributed by atoms with Crippen molar-refractivity contribution >= 4 is 15.9 Å². The Morgan fingerprint density at radius 3 is 2.33 bits per heavy atom. The van der Waals surface area contributed by atoms with Gasteiger partial charge in [-0.3, -0.25) is 0 Å². The fraction of sp³-hybridized carbons (Fsp3) is 0.0769. The lowest BCUT2D eigenvalue weighted by molar-refractivity contribution is 0.281. The van der Waals surface area contributed by atoms with Gasteiger partial charge < -0.3 is 5.11 Å². The number of halogens is 1.